The molecule has 0 unspecified atom stereocenters. The summed E-state index contributed by atoms with van der Waals surface area (Å²) in [6, 6.07) is -3.79. The third-order valence-corrected chi connectivity index (χ3v) is 17.3. The maximum atomic E-state index is 5.88. The lowest BCUT2D eigenvalue weighted by molar-refractivity contribution is 0.104. The average molecular weight is 654 g/mol. The molecule has 3 nitrogen and oxygen atoms in total. The van der Waals surface area contributed by atoms with Crippen molar-refractivity contribution in [1.82, 2.24) is 0 Å². The SMILES string of the molecule is CO[Si](OC)(OC)C1CCCCC1.Cl[Si](Cl)(Cl)C1CCCCC1.Cl[Si](Cl)(Cl)CC1CCCCC1. The van der Waals surface area contributed by atoms with Crippen molar-refractivity contribution in [1.29, 1.82) is 0 Å². The predicted octanol–water partition coefficient (Wildman–Crippen LogP) is 10.4. The van der Waals surface area contributed by atoms with Crippen LogP contribution < -0.4 is 0 Å². The molecule has 0 saturated heterocycles. The van der Waals surface area contributed by atoms with Gasteiger partial charge in [0.1, 0.15) is 0 Å². The molecule has 0 amide bonds. The Morgan fingerprint density at radius 1 is 0.529 bits per heavy atom. The van der Waals surface area contributed by atoms with Gasteiger partial charge >= 0.3 is 20.8 Å². The third-order valence-electron chi connectivity index (χ3n) is 7.27. The van der Waals surface area contributed by atoms with E-state index in [9.17, 15) is 0 Å². The summed E-state index contributed by atoms with van der Waals surface area (Å²) in [6.07, 6.45) is 19.0. The van der Waals surface area contributed by atoms with Crippen molar-refractivity contribution in [3.8, 4) is 0 Å². The molecule has 0 atom stereocenters. The van der Waals surface area contributed by atoms with E-state index in [1.165, 1.54) is 83.5 Å². The van der Waals surface area contributed by atoms with Crippen molar-refractivity contribution in [2.24, 2.45) is 5.92 Å². The minimum absolute atomic E-state index is 0.436. The molecule has 3 rings (SSSR count). The molecule has 0 aliphatic heterocycles. The monoisotopic (exact) mass is 650 g/mol. The minimum atomic E-state index is -2.34. The molecule has 0 bridgehead atoms. The highest BCUT2D eigenvalue weighted by atomic mass is 35.8. The average Bonchev–Trinajstić information content (AvgIpc) is 2.82. The maximum absolute atomic E-state index is 5.88. The summed E-state index contributed by atoms with van der Waals surface area (Å²) in [6.45, 7) is 0. The number of rotatable bonds is 7. The van der Waals surface area contributed by atoms with Crippen molar-refractivity contribution in [3.05, 3.63) is 0 Å². The third kappa shape index (κ3) is 13.9. The lowest BCUT2D eigenvalue weighted by Crippen LogP contribution is -2.48. The Labute approximate surface area is 239 Å². The van der Waals surface area contributed by atoms with Gasteiger partial charge < -0.3 is 13.3 Å². The first kappa shape index (κ1) is 34.3. The standard InChI is InChI=1S/C9H20O3Si.C7H13Cl3Si.C6H11Cl3Si/c1-10-13(11-2,12-3)9-7-5-4-6-8-9;8-11(9,10)6-7-4-2-1-3-5-7;7-10(8,9)6-4-2-1-3-5-6/h9H,4-8H2,1-3H3;7H,1-6H2;6H,1-5H2. The van der Waals surface area contributed by atoms with E-state index in [1.807, 2.05) is 0 Å². The zero-order valence-corrected chi connectivity index (χ0v) is 28.6. The van der Waals surface area contributed by atoms with Crippen LogP contribution >= 0.6 is 66.5 Å². The van der Waals surface area contributed by atoms with Crippen LogP contribution in [0.5, 0.6) is 0 Å². The molecule has 3 aliphatic carbocycles. The molecule has 3 saturated carbocycles. The van der Waals surface area contributed by atoms with Crippen LogP contribution in [0.1, 0.15) is 96.3 Å². The lowest BCUT2D eigenvalue weighted by atomic mass is 9.91. The molecule has 34 heavy (non-hydrogen) atoms. The molecule has 0 N–H and O–H groups in total. The fourth-order valence-electron chi connectivity index (χ4n) is 5.35. The molecule has 0 heterocycles. The van der Waals surface area contributed by atoms with Gasteiger partial charge in [-0.15, -0.1) is 66.5 Å². The van der Waals surface area contributed by atoms with E-state index in [0.29, 0.717) is 17.0 Å². The lowest BCUT2D eigenvalue weighted by Gasteiger charge is -2.34. The second kappa shape index (κ2) is 17.8. The summed E-state index contributed by atoms with van der Waals surface area (Å²) in [7, 11) is 2.79. The van der Waals surface area contributed by atoms with Gasteiger partial charge in [-0.1, -0.05) is 70.6 Å². The van der Waals surface area contributed by atoms with Crippen LogP contribution in [0, 0.1) is 5.92 Å². The van der Waals surface area contributed by atoms with E-state index in [4.69, 9.17) is 79.8 Å². The number of hydrogen-bond acceptors (Lipinski definition) is 3. The van der Waals surface area contributed by atoms with Crippen molar-refractivity contribution in [2.75, 3.05) is 21.3 Å². The highest BCUT2D eigenvalue weighted by Gasteiger charge is 2.47. The van der Waals surface area contributed by atoms with Crippen LogP contribution in [-0.4, -0.2) is 42.1 Å². The topological polar surface area (TPSA) is 27.7 Å². The molecular weight excluding hydrogens is 609 g/mol. The Morgan fingerprint density at radius 3 is 1.18 bits per heavy atom. The van der Waals surface area contributed by atoms with Gasteiger partial charge in [0.2, 0.25) is 0 Å². The van der Waals surface area contributed by atoms with Crippen LogP contribution in [-0.2, 0) is 13.3 Å². The van der Waals surface area contributed by atoms with Crippen LogP contribution in [0.15, 0.2) is 0 Å². The molecular formula is C22H44Cl6O3Si3. The number of hydrogen-bond donors (Lipinski definition) is 0. The first-order valence-electron chi connectivity index (χ1n) is 12.8. The predicted molar refractivity (Wildman–Crippen MR) is 158 cm³/mol. The summed E-state index contributed by atoms with van der Waals surface area (Å²) >= 11 is 35.2. The molecule has 0 aromatic rings. The van der Waals surface area contributed by atoms with Gasteiger partial charge in [0, 0.05) is 26.9 Å². The van der Waals surface area contributed by atoms with E-state index in [-0.39, 0.29) is 0 Å². The van der Waals surface area contributed by atoms with Gasteiger partial charge in [-0.3, -0.25) is 0 Å². The molecule has 0 radical (unpaired) electrons. The van der Waals surface area contributed by atoms with E-state index < -0.39 is 20.8 Å². The molecule has 3 aliphatic rings. The van der Waals surface area contributed by atoms with Gasteiger partial charge in [-0.2, -0.15) is 0 Å². The Morgan fingerprint density at radius 2 is 0.882 bits per heavy atom. The van der Waals surface area contributed by atoms with Crippen molar-refractivity contribution >= 4 is 87.3 Å². The van der Waals surface area contributed by atoms with Crippen molar-refractivity contribution < 1.29 is 13.3 Å². The van der Waals surface area contributed by atoms with Crippen molar-refractivity contribution in [3.63, 3.8) is 0 Å². The first-order chi connectivity index (χ1) is 16.0. The van der Waals surface area contributed by atoms with E-state index >= 15 is 0 Å². The summed E-state index contributed by atoms with van der Waals surface area (Å²) < 4.78 is 16.4. The Kier molecular flexibility index (Phi) is 17.9. The molecule has 204 valence electrons. The zero-order valence-electron chi connectivity index (χ0n) is 21.0. The molecule has 12 heteroatoms. The van der Waals surface area contributed by atoms with Crippen LogP contribution in [0.4, 0.5) is 0 Å². The molecule has 0 aromatic heterocycles. The largest absolute Gasteiger partial charge is 0.503 e. The zero-order chi connectivity index (χ0) is 25.7. The van der Waals surface area contributed by atoms with E-state index in [1.54, 1.807) is 21.3 Å². The summed E-state index contributed by atoms with van der Waals surface area (Å²) in [4.78, 5) is 0. The second-order valence-electron chi connectivity index (χ2n) is 9.75. The summed E-state index contributed by atoms with van der Waals surface area (Å²) in [5.74, 6) is 0.711. The number of halogens is 6. The van der Waals surface area contributed by atoms with Crippen LogP contribution in [0.2, 0.25) is 17.1 Å². The maximum Gasteiger partial charge on any atom is 0.503 e. The second-order valence-corrected chi connectivity index (χ2v) is 31.2. The van der Waals surface area contributed by atoms with Crippen LogP contribution in [0.25, 0.3) is 0 Å². The summed E-state index contributed by atoms with van der Waals surface area (Å²) in [5, 5.41) is 0. The van der Waals surface area contributed by atoms with Gasteiger partial charge in [0.15, 0.2) is 0 Å². The Hall–Kier alpha value is 2.27. The van der Waals surface area contributed by atoms with Gasteiger partial charge in [0.25, 0.3) is 0 Å². The molecule has 0 aromatic carbocycles. The highest BCUT2D eigenvalue weighted by molar-refractivity contribution is 7.65. The fraction of sp³-hybridized carbons (Fsp3) is 1.00. The minimum Gasteiger partial charge on any atom is -0.377 e. The first-order valence-corrected chi connectivity index (χ1v) is 24.9. The van der Waals surface area contributed by atoms with E-state index in [2.05, 4.69) is 0 Å². The Bertz CT molecular complexity index is 507. The highest BCUT2D eigenvalue weighted by Crippen LogP contribution is 2.43. The van der Waals surface area contributed by atoms with Gasteiger partial charge in [0.05, 0.1) is 0 Å². The Balaban J connectivity index is 0.000000257. The molecule has 0 spiro atoms. The molecule has 3 fully saturated rings. The summed E-state index contributed by atoms with van der Waals surface area (Å²) in [5.41, 5.74) is 0.951. The fourth-order valence-corrected chi connectivity index (χ4v) is 14.0. The smallest absolute Gasteiger partial charge is 0.377 e. The van der Waals surface area contributed by atoms with Gasteiger partial charge in [-0.05, 0) is 43.2 Å². The van der Waals surface area contributed by atoms with Gasteiger partial charge in [-0.25, -0.2) is 0 Å². The van der Waals surface area contributed by atoms with Crippen LogP contribution in [0.3, 0.4) is 0 Å². The normalized spacial score (nSPS) is 21.8. The van der Waals surface area contributed by atoms with E-state index in [0.717, 1.165) is 18.9 Å². The van der Waals surface area contributed by atoms with Crippen molar-refractivity contribution in [2.45, 2.75) is 113 Å². The quantitative estimate of drug-likeness (QED) is 0.202.